The number of aliphatic carboxylic acids is 1. The molecule has 5 rings (SSSR count). The molecular weight excluding hydrogens is 603 g/mol. The molecule has 2 aromatic heterocycles. The molecule has 0 aliphatic carbocycles. The molecule has 0 unspecified atom stereocenters. The van der Waals surface area contributed by atoms with Crippen LogP contribution >= 0.6 is 24.8 Å². The second-order valence-electron chi connectivity index (χ2n) is 10.6. The zero-order valence-corrected chi connectivity index (χ0v) is 26.8. The van der Waals surface area contributed by atoms with Gasteiger partial charge >= 0.3 is 5.97 Å². The van der Waals surface area contributed by atoms with E-state index in [1.807, 2.05) is 30.3 Å². The van der Waals surface area contributed by atoms with Crippen molar-refractivity contribution >= 4 is 50.7 Å². The topological polar surface area (TPSA) is 103 Å². The van der Waals surface area contributed by atoms with E-state index in [0.717, 1.165) is 49.5 Å². The number of carbonyl (C=O) groups is 1. The summed E-state index contributed by atoms with van der Waals surface area (Å²) in [5.41, 5.74) is 4.87. The van der Waals surface area contributed by atoms with E-state index in [4.69, 9.17) is 14.6 Å². The number of sulfone groups is 1. The van der Waals surface area contributed by atoms with Gasteiger partial charge in [0.05, 0.1) is 36.1 Å². The number of hydrogen-bond acceptors (Lipinski definition) is 7. The van der Waals surface area contributed by atoms with Crippen LogP contribution in [0, 0.1) is 24.7 Å². The monoisotopic (exact) mass is 637 g/mol. The third kappa shape index (κ3) is 8.31. The quantitative estimate of drug-likeness (QED) is 0.192. The zero-order chi connectivity index (χ0) is 29.7. The number of hydrogen-bond donors (Lipinski definition) is 1. The maximum Gasteiger partial charge on any atom is 0.304 e. The van der Waals surface area contributed by atoms with Crippen LogP contribution in [0.15, 0.2) is 60.1 Å². The first-order chi connectivity index (χ1) is 20.2. The van der Waals surface area contributed by atoms with Crippen LogP contribution in [-0.4, -0.2) is 42.6 Å². The fraction of sp³-hybridized carbons (Fsp3) is 0.333. The Morgan fingerprint density at radius 2 is 1.81 bits per heavy atom. The minimum atomic E-state index is -2.87. The summed E-state index contributed by atoms with van der Waals surface area (Å²) >= 11 is 1.68. The van der Waals surface area contributed by atoms with Gasteiger partial charge < -0.3 is 14.6 Å². The molecule has 10 heteroatoms. The summed E-state index contributed by atoms with van der Waals surface area (Å²) in [6.45, 7) is 4.58. The van der Waals surface area contributed by atoms with Crippen molar-refractivity contribution in [3.05, 3.63) is 76.9 Å². The molecule has 0 amide bonds. The van der Waals surface area contributed by atoms with E-state index in [1.54, 1.807) is 24.5 Å². The average Bonchev–Trinajstić information content (AvgIpc) is 3.38. The number of ether oxygens (including phenoxy) is 2. The van der Waals surface area contributed by atoms with E-state index in [2.05, 4.69) is 47.3 Å². The number of carboxylic acid groups (broad SMARTS) is 1. The van der Waals surface area contributed by atoms with Crippen LogP contribution in [0.2, 0.25) is 0 Å². The van der Waals surface area contributed by atoms with Gasteiger partial charge in [-0.1, -0.05) is 18.1 Å². The van der Waals surface area contributed by atoms with Crippen molar-refractivity contribution in [2.45, 2.75) is 45.6 Å². The number of nitrogens with zero attached hydrogens (tertiary/aromatic N) is 1. The first-order valence-electron chi connectivity index (χ1n) is 13.9. The molecule has 0 spiro atoms. The normalized spacial score (nSPS) is 15.1. The van der Waals surface area contributed by atoms with Crippen LogP contribution in [0.1, 0.15) is 48.9 Å². The van der Waals surface area contributed by atoms with Crippen molar-refractivity contribution in [2.24, 2.45) is 5.92 Å². The van der Waals surface area contributed by atoms with Gasteiger partial charge in [-0.25, -0.2) is 8.42 Å². The maximum atomic E-state index is 11.7. The zero-order valence-electron chi connectivity index (χ0n) is 24.1. The highest BCUT2D eigenvalue weighted by atomic mass is 32.2. The summed E-state index contributed by atoms with van der Waals surface area (Å²) in [5, 5.41) is 12.4. The predicted molar refractivity (Wildman–Crippen MR) is 176 cm³/mol. The van der Waals surface area contributed by atoms with Crippen LogP contribution in [-0.2, 0) is 21.2 Å². The summed E-state index contributed by atoms with van der Waals surface area (Å²) in [7, 11) is -2.87. The molecule has 1 fully saturated rings. The number of thiophene rings is 1. The molecule has 1 atom stereocenters. The van der Waals surface area contributed by atoms with Gasteiger partial charge in [-0.2, -0.15) is 13.5 Å². The first kappa shape index (κ1) is 32.4. The van der Waals surface area contributed by atoms with E-state index >= 15 is 0 Å². The highest BCUT2D eigenvalue weighted by Crippen LogP contribution is 2.38. The van der Waals surface area contributed by atoms with Gasteiger partial charge in [0.1, 0.15) is 27.9 Å². The molecule has 0 radical (unpaired) electrons. The van der Waals surface area contributed by atoms with Gasteiger partial charge in [0, 0.05) is 21.8 Å². The largest absolute Gasteiger partial charge is 0.493 e. The summed E-state index contributed by atoms with van der Waals surface area (Å²) in [6.07, 6.45) is 2.93. The lowest BCUT2D eigenvalue weighted by Crippen LogP contribution is -2.26. The Morgan fingerprint density at radius 3 is 2.49 bits per heavy atom. The fourth-order valence-corrected chi connectivity index (χ4v) is 7.67. The van der Waals surface area contributed by atoms with Crippen LogP contribution < -0.4 is 9.47 Å². The number of carboxylic acids is 1. The molecular formula is C33H35NO6S3. The smallest absolute Gasteiger partial charge is 0.304 e. The van der Waals surface area contributed by atoms with Crippen LogP contribution in [0.4, 0.5) is 0 Å². The third-order valence-electron chi connectivity index (χ3n) is 7.53. The lowest BCUT2D eigenvalue weighted by molar-refractivity contribution is -0.137. The second kappa shape index (κ2) is 14.3. The standard InChI is InChI=1S/C33H33NO6S2.H2S/c1-3-4-24(16-33(35)36)25-5-6-26(34-18-25)20-40-28-8-10-32-30(17-28)31(21-41-32)29-9-7-27(15-22(29)2)39-19-23-11-13-42(37,38)14-12-23;/h5-10,15,17-18,21,23-24H,11-14,16,19-20H2,1-2H3,(H,35,36);1H2/t24-;/m1./s1. The van der Waals surface area contributed by atoms with Crippen LogP contribution in [0.5, 0.6) is 11.5 Å². The molecule has 0 saturated carbocycles. The number of fused-ring (bicyclic) bond motifs is 1. The predicted octanol–water partition coefficient (Wildman–Crippen LogP) is 6.75. The molecule has 1 aliphatic rings. The molecule has 226 valence electrons. The Morgan fingerprint density at radius 1 is 1.07 bits per heavy atom. The highest BCUT2D eigenvalue weighted by Gasteiger charge is 2.24. The summed E-state index contributed by atoms with van der Waals surface area (Å²) in [4.78, 5) is 15.6. The summed E-state index contributed by atoms with van der Waals surface area (Å²) < 4.78 is 36.7. The molecule has 43 heavy (non-hydrogen) atoms. The van der Waals surface area contributed by atoms with Crippen molar-refractivity contribution in [3.8, 4) is 34.5 Å². The first-order valence-corrected chi connectivity index (χ1v) is 16.6. The Kier molecular flexibility index (Phi) is 10.8. The Hall–Kier alpha value is -3.52. The minimum absolute atomic E-state index is 0. The Balaban J connectivity index is 0.00000423. The van der Waals surface area contributed by atoms with E-state index in [9.17, 15) is 13.2 Å². The maximum absolute atomic E-state index is 11.7. The number of pyridine rings is 1. The van der Waals surface area contributed by atoms with Gasteiger partial charge in [-0.05, 0) is 91.1 Å². The average molecular weight is 638 g/mol. The van der Waals surface area contributed by atoms with E-state index in [1.165, 1.54) is 0 Å². The number of rotatable bonds is 10. The van der Waals surface area contributed by atoms with Gasteiger partial charge in [-0.3, -0.25) is 9.78 Å². The SMILES string of the molecule is CC#C[C@H](CC(=O)O)c1ccc(COc2ccc3scc(-c4ccc(OCC5CCS(=O)(=O)CC5)cc4C)c3c2)nc1.S. The molecule has 4 aromatic rings. The molecule has 3 heterocycles. The van der Waals surface area contributed by atoms with Crippen molar-refractivity contribution in [2.75, 3.05) is 18.1 Å². The third-order valence-corrected chi connectivity index (χ3v) is 10.2. The fourth-order valence-electron chi connectivity index (χ4n) is 5.14. The summed E-state index contributed by atoms with van der Waals surface area (Å²) in [5.74, 6) is 6.76. The van der Waals surface area contributed by atoms with Crippen LogP contribution in [0.3, 0.4) is 0 Å². The number of aryl methyl sites for hydroxylation is 1. The van der Waals surface area contributed by atoms with E-state index in [-0.39, 0.29) is 43.9 Å². The van der Waals surface area contributed by atoms with Crippen molar-refractivity contribution in [1.29, 1.82) is 0 Å². The molecule has 2 aromatic carbocycles. The van der Waals surface area contributed by atoms with Gasteiger partial charge in [0.25, 0.3) is 0 Å². The van der Waals surface area contributed by atoms with Crippen molar-refractivity contribution in [1.82, 2.24) is 4.98 Å². The molecule has 1 N–H and O–H groups in total. The van der Waals surface area contributed by atoms with E-state index < -0.39 is 21.7 Å². The summed E-state index contributed by atoms with van der Waals surface area (Å²) in [6, 6.07) is 15.9. The highest BCUT2D eigenvalue weighted by molar-refractivity contribution is 7.91. The van der Waals surface area contributed by atoms with E-state index in [0.29, 0.717) is 19.4 Å². The Labute approximate surface area is 263 Å². The molecule has 0 bridgehead atoms. The number of aromatic nitrogens is 1. The van der Waals surface area contributed by atoms with Crippen molar-refractivity contribution < 1.29 is 27.8 Å². The lowest BCUT2D eigenvalue weighted by atomic mass is 9.98. The van der Waals surface area contributed by atoms with Gasteiger partial charge in [-0.15, -0.1) is 17.3 Å². The lowest BCUT2D eigenvalue weighted by Gasteiger charge is -2.22. The number of benzene rings is 2. The second-order valence-corrected chi connectivity index (χ2v) is 13.8. The van der Waals surface area contributed by atoms with Gasteiger partial charge in [0.15, 0.2) is 0 Å². The molecule has 1 aliphatic heterocycles. The minimum Gasteiger partial charge on any atom is -0.493 e. The molecule has 1 saturated heterocycles. The van der Waals surface area contributed by atoms with Crippen molar-refractivity contribution in [3.63, 3.8) is 0 Å². The van der Waals surface area contributed by atoms with Crippen LogP contribution in [0.25, 0.3) is 21.2 Å². The Bertz CT molecular complexity index is 1740. The molecule has 7 nitrogen and oxygen atoms in total. The van der Waals surface area contributed by atoms with Gasteiger partial charge in [0.2, 0.25) is 0 Å².